The lowest BCUT2D eigenvalue weighted by Crippen LogP contribution is -2.09. The second-order valence-electron chi connectivity index (χ2n) is 7.99. The molecular formula is C31H18F4N2O3. The maximum atomic E-state index is 14.0. The molecule has 0 atom stereocenters. The molecule has 0 amide bonds. The Morgan fingerprint density at radius 3 is 1.77 bits per heavy atom. The molecule has 0 aliphatic rings. The number of unbranched alkanes of at least 4 members (excludes halogenated alkanes) is 1. The van der Waals surface area contributed by atoms with Gasteiger partial charge in [0, 0.05) is 22.3 Å². The van der Waals surface area contributed by atoms with Gasteiger partial charge in [-0.1, -0.05) is 30.3 Å². The van der Waals surface area contributed by atoms with E-state index in [1.807, 2.05) is 0 Å². The number of carbonyl (C=O) groups is 1. The summed E-state index contributed by atoms with van der Waals surface area (Å²) in [6, 6.07) is 10.7. The van der Waals surface area contributed by atoms with Crippen LogP contribution in [0.25, 0.3) is 0 Å². The van der Waals surface area contributed by atoms with Gasteiger partial charge in [-0.05, 0) is 55.3 Å². The lowest BCUT2D eigenvalue weighted by Gasteiger charge is -2.07. The average Bonchev–Trinajstić information content (AvgIpc) is 2.92. The second-order valence-corrected chi connectivity index (χ2v) is 7.99. The van der Waals surface area contributed by atoms with E-state index >= 15 is 0 Å². The van der Waals surface area contributed by atoms with Crippen LogP contribution >= 0.6 is 0 Å². The van der Waals surface area contributed by atoms with Gasteiger partial charge >= 0.3 is 5.97 Å². The van der Waals surface area contributed by atoms with Crippen molar-refractivity contribution >= 4 is 5.97 Å². The number of benzene rings is 3. The standard InChI is InChI=1S/C31H18F4N2O3/c1-2-39-11-3-4-12-40-31(38)24-13-20(5-6-21-14-27(32)25(18-36)28(33)15-21)7-9-23(24)10-8-22-16-29(34)26(19-37)30(35)17-22/h2,7,9,13-17H,1,3-4,11-12H2. The summed E-state index contributed by atoms with van der Waals surface area (Å²) in [5.41, 5.74) is -1.13. The van der Waals surface area contributed by atoms with E-state index in [0.717, 1.165) is 24.3 Å². The summed E-state index contributed by atoms with van der Waals surface area (Å²) < 4.78 is 66.1. The van der Waals surface area contributed by atoms with Gasteiger partial charge in [-0.25, -0.2) is 22.4 Å². The molecule has 3 rings (SSSR count). The summed E-state index contributed by atoms with van der Waals surface area (Å²) in [6.07, 6.45) is 2.40. The summed E-state index contributed by atoms with van der Waals surface area (Å²) >= 11 is 0. The summed E-state index contributed by atoms with van der Waals surface area (Å²) in [5, 5.41) is 17.6. The highest BCUT2D eigenvalue weighted by atomic mass is 19.1. The molecule has 0 N–H and O–H groups in total. The van der Waals surface area contributed by atoms with Gasteiger partial charge in [0.05, 0.1) is 25.0 Å². The van der Waals surface area contributed by atoms with Crippen LogP contribution in [0.5, 0.6) is 0 Å². The quantitative estimate of drug-likeness (QED) is 0.122. The number of halogens is 4. The molecule has 0 radical (unpaired) electrons. The van der Waals surface area contributed by atoms with Gasteiger partial charge in [-0.2, -0.15) is 10.5 Å². The average molecular weight is 542 g/mol. The first-order chi connectivity index (χ1) is 19.3. The first-order valence-corrected chi connectivity index (χ1v) is 11.6. The van der Waals surface area contributed by atoms with E-state index in [0.29, 0.717) is 19.4 Å². The van der Waals surface area contributed by atoms with Crippen LogP contribution in [0.1, 0.15) is 56.6 Å². The molecule has 3 aromatic rings. The Balaban J connectivity index is 1.94. The largest absolute Gasteiger partial charge is 0.502 e. The highest BCUT2D eigenvalue weighted by Crippen LogP contribution is 2.17. The first-order valence-electron chi connectivity index (χ1n) is 11.6. The van der Waals surface area contributed by atoms with Crippen LogP contribution in [-0.4, -0.2) is 19.2 Å². The molecule has 0 fully saturated rings. The molecule has 0 bridgehead atoms. The molecule has 0 heterocycles. The fourth-order valence-corrected chi connectivity index (χ4v) is 3.30. The molecule has 0 unspecified atom stereocenters. The summed E-state index contributed by atoms with van der Waals surface area (Å²) in [6.45, 7) is 3.90. The molecule has 5 nitrogen and oxygen atoms in total. The van der Waals surface area contributed by atoms with E-state index in [1.165, 1.54) is 36.6 Å². The Hall–Kier alpha value is -5.51. The Morgan fingerprint density at radius 1 is 0.750 bits per heavy atom. The van der Waals surface area contributed by atoms with Gasteiger partial charge in [0.15, 0.2) is 0 Å². The normalized spacial score (nSPS) is 9.65. The number of nitrogens with zero attached hydrogens (tertiary/aromatic N) is 2. The number of ether oxygens (including phenoxy) is 2. The molecule has 0 aliphatic carbocycles. The van der Waals surface area contributed by atoms with Crippen molar-refractivity contribution in [2.24, 2.45) is 0 Å². The zero-order chi connectivity index (χ0) is 29.1. The van der Waals surface area contributed by atoms with Gasteiger partial charge in [0.1, 0.15) is 46.5 Å². The third-order valence-corrected chi connectivity index (χ3v) is 5.25. The van der Waals surface area contributed by atoms with Gasteiger partial charge in [0.2, 0.25) is 0 Å². The topological polar surface area (TPSA) is 83.1 Å². The minimum absolute atomic E-state index is 0.00609. The van der Waals surface area contributed by atoms with Crippen molar-refractivity contribution in [2.45, 2.75) is 12.8 Å². The fraction of sp³-hybridized carbons (Fsp3) is 0.129. The SMILES string of the molecule is C=COCCCCOC(=O)c1cc(C#Cc2cc(F)c(C#N)c(F)c2)ccc1C#Cc1cc(F)c(C#N)c(F)c1. The molecular weight excluding hydrogens is 524 g/mol. The molecule has 0 aliphatic heterocycles. The Kier molecular flexibility index (Phi) is 10.1. The third-order valence-electron chi connectivity index (χ3n) is 5.25. The van der Waals surface area contributed by atoms with Gasteiger partial charge in [-0.3, -0.25) is 0 Å². The van der Waals surface area contributed by atoms with Crippen molar-refractivity contribution in [3.8, 4) is 35.8 Å². The minimum Gasteiger partial charge on any atom is -0.502 e. The van der Waals surface area contributed by atoms with Crippen LogP contribution in [0.4, 0.5) is 17.6 Å². The van der Waals surface area contributed by atoms with E-state index in [9.17, 15) is 22.4 Å². The van der Waals surface area contributed by atoms with Crippen LogP contribution in [0, 0.1) is 69.6 Å². The van der Waals surface area contributed by atoms with E-state index in [2.05, 4.69) is 30.3 Å². The van der Waals surface area contributed by atoms with E-state index < -0.39 is 40.4 Å². The Bertz CT molecular complexity index is 1630. The van der Waals surface area contributed by atoms with Gasteiger partial charge in [0.25, 0.3) is 0 Å². The van der Waals surface area contributed by atoms with Crippen molar-refractivity contribution in [2.75, 3.05) is 13.2 Å². The van der Waals surface area contributed by atoms with Gasteiger partial charge in [-0.15, -0.1) is 0 Å². The van der Waals surface area contributed by atoms with E-state index in [-0.39, 0.29) is 34.4 Å². The highest BCUT2D eigenvalue weighted by Gasteiger charge is 2.14. The Labute approximate surface area is 227 Å². The minimum atomic E-state index is -1.08. The zero-order valence-corrected chi connectivity index (χ0v) is 20.8. The predicted molar refractivity (Wildman–Crippen MR) is 136 cm³/mol. The van der Waals surface area contributed by atoms with Gasteiger partial charge < -0.3 is 9.47 Å². The molecule has 9 heteroatoms. The lowest BCUT2D eigenvalue weighted by atomic mass is 10.0. The van der Waals surface area contributed by atoms with Crippen molar-refractivity contribution in [3.05, 3.63) is 118 Å². The van der Waals surface area contributed by atoms with E-state index in [1.54, 1.807) is 0 Å². The maximum absolute atomic E-state index is 14.0. The summed E-state index contributed by atoms with van der Waals surface area (Å²) in [4.78, 5) is 12.9. The van der Waals surface area contributed by atoms with Crippen LogP contribution in [0.15, 0.2) is 55.3 Å². The van der Waals surface area contributed by atoms with Crippen molar-refractivity contribution in [3.63, 3.8) is 0 Å². The second kappa shape index (κ2) is 13.9. The molecule has 3 aromatic carbocycles. The number of carbonyl (C=O) groups excluding carboxylic acids is 1. The zero-order valence-electron chi connectivity index (χ0n) is 20.8. The molecule has 40 heavy (non-hydrogen) atoms. The number of nitriles is 2. The first kappa shape index (κ1) is 29.1. The molecule has 0 saturated heterocycles. The van der Waals surface area contributed by atoms with Crippen LogP contribution in [0.2, 0.25) is 0 Å². The lowest BCUT2D eigenvalue weighted by molar-refractivity contribution is 0.0491. The fourth-order valence-electron chi connectivity index (χ4n) is 3.30. The molecule has 0 saturated carbocycles. The van der Waals surface area contributed by atoms with E-state index in [4.69, 9.17) is 20.0 Å². The monoisotopic (exact) mass is 542 g/mol. The molecule has 0 aromatic heterocycles. The maximum Gasteiger partial charge on any atom is 0.339 e. The number of hydrogen-bond acceptors (Lipinski definition) is 5. The molecule has 0 spiro atoms. The number of rotatable bonds is 7. The Morgan fingerprint density at radius 2 is 1.25 bits per heavy atom. The summed E-state index contributed by atoms with van der Waals surface area (Å²) in [7, 11) is 0. The number of esters is 1. The van der Waals surface area contributed by atoms with Crippen molar-refractivity contribution < 1.29 is 31.8 Å². The smallest absolute Gasteiger partial charge is 0.339 e. The predicted octanol–water partition coefficient (Wildman–Crippen LogP) is 5.88. The summed E-state index contributed by atoms with van der Waals surface area (Å²) in [5.74, 6) is 5.48. The third kappa shape index (κ3) is 7.51. The highest BCUT2D eigenvalue weighted by molar-refractivity contribution is 5.93. The number of hydrogen-bond donors (Lipinski definition) is 0. The van der Waals surface area contributed by atoms with Crippen LogP contribution in [0.3, 0.4) is 0 Å². The van der Waals surface area contributed by atoms with Crippen molar-refractivity contribution in [1.82, 2.24) is 0 Å². The van der Waals surface area contributed by atoms with Crippen LogP contribution in [-0.2, 0) is 9.47 Å². The van der Waals surface area contributed by atoms with Crippen LogP contribution < -0.4 is 0 Å². The molecule has 198 valence electrons. The van der Waals surface area contributed by atoms with Crippen molar-refractivity contribution in [1.29, 1.82) is 10.5 Å².